The van der Waals surface area contributed by atoms with Crippen LogP contribution in [0.2, 0.25) is 0 Å². The van der Waals surface area contributed by atoms with Crippen molar-refractivity contribution in [3.8, 4) is 0 Å². The van der Waals surface area contributed by atoms with Crippen molar-refractivity contribution in [2.75, 3.05) is 14.2 Å². The molecule has 0 aromatic heterocycles. The van der Waals surface area contributed by atoms with Gasteiger partial charge in [-0.15, -0.1) is 0 Å². The largest absolute Gasteiger partial charge is 0.467 e. The van der Waals surface area contributed by atoms with Crippen LogP contribution < -0.4 is 5.32 Å². The molecule has 0 bridgehead atoms. The molecule has 0 unspecified atom stereocenters. The third kappa shape index (κ3) is 7.79. The van der Waals surface area contributed by atoms with Crippen LogP contribution in [-0.2, 0) is 35.1 Å². The lowest BCUT2D eigenvalue weighted by atomic mass is 10.1. The van der Waals surface area contributed by atoms with Crippen LogP contribution in [0, 0.1) is 0 Å². The van der Waals surface area contributed by atoms with Crippen LogP contribution >= 0.6 is 0 Å². The van der Waals surface area contributed by atoms with Gasteiger partial charge in [0.05, 0.1) is 14.2 Å². The van der Waals surface area contributed by atoms with Gasteiger partial charge in [0, 0.05) is 6.04 Å². The second-order valence-electron chi connectivity index (χ2n) is 8.69. The van der Waals surface area contributed by atoms with Crippen LogP contribution in [0.1, 0.15) is 45.6 Å². The number of esters is 2. The molecular formula is C24H32N2O8. The third-order valence-electron chi connectivity index (χ3n) is 5.03. The van der Waals surface area contributed by atoms with Gasteiger partial charge in [0.1, 0.15) is 23.9 Å². The van der Waals surface area contributed by atoms with Gasteiger partial charge in [-0.3, -0.25) is 10.2 Å². The molecule has 186 valence electrons. The van der Waals surface area contributed by atoms with Crippen LogP contribution in [0.5, 0.6) is 0 Å². The number of nitrogens with one attached hydrogen (secondary N) is 1. The minimum Gasteiger partial charge on any atom is -0.467 e. The molecule has 1 aliphatic heterocycles. The number of carbonyl (C=O) groups is 4. The maximum atomic E-state index is 12.8. The van der Waals surface area contributed by atoms with Crippen molar-refractivity contribution in [3.05, 3.63) is 47.7 Å². The van der Waals surface area contributed by atoms with Gasteiger partial charge in [-0.1, -0.05) is 36.4 Å². The zero-order chi connectivity index (χ0) is 25.3. The Morgan fingerprint density at radius 1 is 1.06 bits per heavy atom. The van der Waals surface area contributed by atoms with E-state index in [2.05, 4.69) is 5.32 Å². The highest BCUT2D eigenvalue weighted by Gasteiger charge is 2.43. The predicted molar refractivity (Wildman–Crippen MR) is 121 cm³/mol. The molecule has 10 nitrogen and oxygen atoms in total. The van der Waals surface area contributed by atoms with Crippen molar-refractivity contribution in [1.82, 2.24) is 10.2 Å². The van der Waals surface area contributed by atoms with Crippen molar-refractivity contribution in [2.24, 2.45) is 0 Å². The maximum Gasteiger partial charge on any atom is 0.412 e. The number of hydrogen-bond donors (Lipinski definition) is 1. The summed E-state index contributed by atoms with van der Waals surface area (Å²) in [6.45, 7) is 5.20. The van der Waals surface area contributed by atoms with Gasteiger partial charge in [-0.05, 0) is 45.6 Å². The van der Waals surface area contributed by atoms with E-state index >= 15 is 0 Å². The summed E-state index contributed by atoms with van der Waals surface area (Å²) in [6, 6.07) is 7.81. The average Bonchev–Trinajstić information content (AvgIpc) is 3.23. The first-order valence-corrected chi connectivity index (χ1v) is 10.9. The van der Waals surface area contributed by atoms with Crippen LogP contribution in [-0.4, -0.2) is 60.9 Å². The van der Waals surface area contributed by atoms with E-state index in [4.69, 9.17) is 18.9 Å². The molecule has 2 amide bonds. The van der Waals surface area contributed by atoms with Crippen LogP contribution in [0.25, 0.3) is 0 Å². The lowest BCUT2D eigenvalue weighted by Gasteiger charge is -2.31. The molecular weight excluding hydrogens is 444 g/mol. The zero-order valence-corrected chi connectivity index (χ0v) is 20.2. The monoisotopic (exact) mass is 476 g/mol. The van der Waals surface area contributed by atoms with Gasteiger partial charge in [-0.2, -0.15) is 0 Å². The fourth-order valence-electron chi connectivity index (χ4n) is 3.49. The Kier molecular flexibility index (Phi) is 9.47. The molecule has 1 N–H and O–H groups in total. The van der Waals surface area contributed by atoms with Crippen LogP contribution in [0.4, 0.5) is 9.59 Å². The first-order valence-electron chi connectivity index (χ1n) is 10.9. The van der Waals surface area contributed by atoms with Crippen molar-refractivity contribution >= 4 is 24.1 Å². The number of likely N-dealkylation sites (tertiary alicyclic amines) is 1. The van der Waals surface area contributed by atoms with Gasteiger partial charge < -0.3 is 18.9 Å². The molecule has 2 rings (SSSR count). The van der Waals surface area contributed by atoms with Gasteiger partial charge in [0.2, 0.25) is 0 Å². The number of carbonyl (C=O) groups excluding carboxylic acids is 4. The van der Waals surface area contributed by atoms with E-state index in [0.29, 0.717) is 12.8 Å². The standard InChI is InChI=1S/C24H32N2O8/c1-24(2,3)34-23(30)26-17(12-14-19(26)21(28)32-5)11-13-18(20(27)31-4)25-22(29)33-15-16-9-7-6-8-10-16/h6-10,13,17,19H,11-12,14-15H2,1-5H3,(H,25,29)/b18-13-/t17-,19-/m0/s1. The van der Waals surface area contributed by atoms with Crippen molar-refractivity contribution in [1.29, 1.82) is 0 Å². The van der Waals surface area contributed by atoms with E-state index in [9.17, 15) is 19.2 Å². The summed E-state index contributed by atoms with van der Waals surface area (Å²) in [5, 5.41) is 2.39. The first kappa shape index (κ1) is 26.7. The van der Waals surface area contributed by atoms with Gasteiger partial charge in [-0.25, -0.2) is 19.2 Å². The molecule has 1 saturated heterocycles. The van der Waals surface area contributed by atoms with Gasteiger partial charge in [0.15, 0.2) is 0 Å². The van der Waals surface area contributed by atoms with Crippen molar-refractivity contribution < 1.29 is 38.1 Å². The Labute approximate surface area is 199 Å². The highest BCUT2D eigenvalue weighted by molar-refractivity contribution is 5.92. The second kappa shape index (κ2) is 12.1. The molecule has 0 aliphatic carbocycles. The van der Waals surface area contributed by atoms with E-state index < -0.39 is 41.8 Å². The summed E-state index contributed by atoms with van der Waals surface area (Å²) in [6.07, 6.45) is 0.970. The molecule has 1 heterocycles. The van der Waals surface area contributed by atoms with E-state index in [1.807, 2.05) is 18.2 Å². The Morgan fingerprint density at radius 2 is 1.74 bits per heavy atom. The molecule has 10 heteroatoms. The molecule has 1 aliphatic rings. The van der Waals surface area contributed by atoms with Crippen molar-refractivity contribution in [3.63, 3.8) is 0 Å². The number of alkyl carbamates (subject to hydrolysis) is 1. The third-order valence-corrected chi connectivity index (χ3v) is 5.03. The Balaban J connectivity index is 2.13. The number of amides is 2. The quantitative estimate of drug-likeness (QED) is 0.362. The summed E-state index contributed by atoms with van der Waals surface area (Å²) >= 11 is 0. The van der Waals surface area contributed by atoms with E-state index in [1.165, 1.54) is 25.2 Å². The lowest BCUT2D eigenvalue weighted by molar-refractivity contribution is -0.146. The topological polar surface area (TPSA) is 120 Å². The fraction of sp³-hybridized carbons (Fsp3) is 0.500. The SMILES string of the molecule is COC(=O)/C(=C/C[C@H]1CC[C@@H](C(=O)OC)N1C(=O)OC(C)(C)C)NC(=O)OCc1ccccc1. The predicted octanol–water partition coefficient (Wildman–Crippen LogP) is 3.30. The van der Waals surface area contributed by atoms with E-state index in [1.54, 1.807) is 32.9 Å². The Hall–Kier alpha value is -3.56. The molecule has 1 aromatic rings. The number of methoxy groups -OCH3 is 2. The molecule has 0 spiro atoms. The number of nitrogens with zero attached hydrogens (tertiary/aromatic N) is 1. The Morgan fingerprint density at radius 3 is 2.32 bits per heavy atom. The molecule has 0 radical (unpaired) electrons. The van der Waals surface area contributed by atoms with Gasteiger partial charge >= 0.3 is 24.1 Å². The highest BCUT2D eigenvalue weighted by Crippen LogP contribution is 2.30. The summed E-state index contributed by atoms with van der Waals surface area (Å²) in [7, 11) is 2.44. The maximum absolute atomic E-state index is 12.8. The van der Waals surface area contributed by atoms with Crippen LogP contribution in [0.3, 0.4) is 0 Å². The number of hydrogen-bond acceptors (Lipinski definition) is 8. The zero-order valence-electron chi connectivity index (χ0n) is 20.2. The molecule has 34 heavy (non-hydrogen) atoms. The molecule has 2 atom stereocenters. The smallest absolute Gasteiger partial charge is 0.412 e. The minimum absolute atomic E-state index is 0.0248. The normalized spacial score (nSPS) is 18.1. The number of rotatable bonds is 7. The highest BCUT2D eigenvalue weighted by atomic mass is 16.6. The molecule has 0 saturated carbocycles. The van der Waals surface area contributed by atoms with E-state index in [0.717, 1.165) is 5.56 Å². The fourth-order valence-corrected chi connectivity index (χ4v) is 3.49. The summed E-state index contributed by atoms with van der Waals surface area (Å²) < 4.78 is 20.2. The first-order chi connectivity index (χ1) is 16.1. The summed E-state index contributed by atoms with van der Waals surface area (Å²) in [5.41, 5.74) is -0.109. The van der Waals surface area contributed by atoms with Crippen LogP contribution in [0.15, 0.2) is 42.1 Å². The van der Waals surface area contributed by atoms with Crippen molar-refractivity contribution in [2.45, 2.75) is 64.3 Å². The molecule has 1 fully saturated rings. The minimum atomic E-state index is -0.830. The van der Waals surface area contributed by atoms with Gasteiger partial charge in [0.25, 0.3) is 0 Å². The molecule has 1 aromatic carbocycles. The second-order valence-corrected chi connectivity index (χ2v) is 8.69. The average molecular weight is 477 g/mol. The Bertz CT molecular complexity index is 907. The summed E-state index contributed by atoms with van der Waals surface area (Å²) in [5.74, 6) is -1.32. The lowest BCUT2D eigenvalue weighted by Crippen LogP contribution is -2.47. The number of benzene rings is 1. The number of ether oxygens (including phenoxy) is 4. The summed E-state index contributed by atoms with van der Waals surface area (Å²) in [4.78, 5) is 50.8. The van der Waals surface area contributed by atoms with E-state index in [-0.39, 0.29) is 18.7 Å².